The quantitative estimate of drug-likeness (QED) is 0.810. The van der Waals surface area contributed by atoms with Crippen LogP contribution in [0.25, 0.3) is 0 Å². The van der Waals surface area contributed by atoms with Gasteiger partial charge in [0.05, 0.1) is 6.04 Å². The highest BCUT2D eigenvalue weighted by molar-refractivity contribution is 5.85. The fraction of sp³-hybridized carbons (Fsp3) is 0.917. The van der Waals surface area contributed by atoms with Crippen LogP contribution in [0.1, 0.15) is 45.4 Å². The zero-order valence-corrected chi connectivity index (χ0v) is 10.8. The number of nitrogens with zero attached hydrogens (tertiary/aromatic N) is 1. The van der Waals surface area contributed by atoms with Crippen molar-refractivity contribution in [2.75, 3.05) is 6.54 Å². The van der Waals surface area contributed by atoms with Gasteiger partial charge in [-0.25, -0.2) is 0 Å². The predicted molar refractivity (Wildman–Crippen MR) is 67.6 cm³/mol. The molecule has 1 saturated carbocycles. The first kappa shape index (κ1) is 13.8. The third-order valence-corrected chi connectivity index (χ3v) is 3.92. The number of halogens is 1. The molecule has 0 aromatic rings. The van der Waals surface area contributed by atoms with E-state index in [9.17, 15) is 4.79 Å². The Morgan fingerprint density at radius 1 is 1.25 bits per heavy atom. The van der Waals surface area contributed by atoms with Gasteiger partial charge in [-0.05, 0) is 38.5 Å². The van der Waals surface area contributed by atoms with E-state index in [4.69, 9.17) is 5.73 Å². The summed E-state index contributed by atoms with van der Waals surface area (Å²) < 4.78 is 0. The Kier molecular flexibility index (Phi) is 5.06. The molecule has 2 fully saturated rings. The van der Waals surface area contributed by atoms with Crippen LogP contribution in [0.15, 0.2) is 0 Å². The van der Waals surface area contributed by atoms with Crippen molar-refractivity contribution in [1.29, 1.82) is 0 Å². The summed E-state index contributed by atoms with van der Waals surface area (Å²) in [6, 6.07) is 0.179. The van der Waals surface area contributed by atoms with E-state index in [1.807, 2.05) is 0 Å². The van der Waals surface area contributed by atoms with E-state index < -0.39 is 0 Å². The Hall–Kier alpha value is -0.280. The largest absolute Gasteiger partial charge is 0.338 e. The molecule has 2 N–H and O–H groups in total. The average Bonchev–Trinajstić information content (AvgIpc) is 2.86. The molecule has 1 aliphatic heterocycles. The maximum absolute atomic E-state index is 11.9. The van der Waals surface area contributed by atoms with Gasteiger partial charge >= 0.3 is 0 Å². The standard InChI is InChI=1S/C12H22N2O.ClH/c1-9(13)12(15)14-8-4-7-11(14)10-5-2-3-6-10;/h9-11H,2-8,13H2,1H3;1H/t9-,11?;/m0./s1. The topological polar surface area (TPSA) is 46.3 Å². The molecule has 2 aliphatic rings. The number of amides is 1. The predicted octanol–water partition coefficient (Wildman–Crippen LogP) is 1.94. The van der Waals surface area contributed by atoms with E-state index in [0.29, 0.717) is 6.04 Å². The zero-order valence-electron chi connectivity index (χ0n) is 10.0. The van der Waals surface area contributed by atoms with Crippen LogP contribution in [0, 0.1) is 5.92 Å². The molecule has 1 amide bonds. The summed E-state index contributed by atoms with van der Waals surface area (Å²) in [6.45, 7) is 2.73. The minimum Gasteiger partial charge on any atom is -0.338 e. The van der Waals surface area contributed by atoms with Crippen molar-refractivity contribution in [1.82, 2.24) is 4.90 Å². The van der Waals surface area contributed by atoms with E-state index in [0.717, 1.165) is 12.5 Å². The maximum atomic E-state index is 11.9. The van der Waals surface area contributed by atoms with E-state index in [2.05, 4.69) is 4.90 Å². The van der Waals surface area contributed by atoms with Gasteiger partial charge in [0.2, 0.25) is 5.91 Å². The van der Waals surface area contributed by atoms with Gasteiger partial charge in [0.15, 0.2) is 0 Å². The molecule has 1 unspecified atom stereocenters. The Morgan fingerprint density at radius 2 is 1.88 bits per heavy atom. The van der Waals surface area contributed by atoms with Crippen LogP contribution >= 0.6 is 12.4 Å². The van der Waals surface area contributed by atoms with Crippen molar-refractivity contribution < 1.29 is 4.79 Å². The first-order valence-electron chi connectivity index (χ1n) is 6.26. The second kappa shape index (κ2) is 5.87. The van der Waals surface area contributed by atoms with Gasteiger partial charge in [0.1, 0.15) is 0 Å². The molecule has 3 nitrogen and oxygen atoms in total. The monoisotopic (exact) mass is 246 g/mol. The van der Waals surface area contributed by atoms with Crippen LogP contribution in [0.2, 0.25) is 0 Å². The van der Waals surface area contributed by atoms with E-state index in [1.54, 1.807) is 6.92 Å². The third kappa shape index (κ3) is 2.69. The second-order valence-electron chi connectivity index (χ2n) is 5.07. The molecule has 0 bridgehead atoms. The Labute approximate surface area is 104 Å². The molecule has 1 heterocycles. The summed E-state index contributed by atoms with van der Waals surface area (Å²) in [5.74, 6) is 0.916. The van der Waals surface area contributed by atoms with Gasteiger partial charge in [-0.15, -0.1) is 12.4 Å². The highest BCUT2D eigenvalue weighted by Crippen LogP contribution is 2.35. The van der Waals surface area contributed by atoms with Crippen molar-refractivity contribution in [2.24, 2.45) is 11.7 Å². The molecule has 0 spiro atoms. The number of likely N-dealkylation sites (tertiary alicyclic amines) is 1. The number of carbonyl (C=O) groups is 1. The normalized spacial score (nSPS) is 27.9. The summed E-state index contributed by atoms with van der Waals surface area (Å²) in [4.78, 5) is 14.0. The molecule has 2 rings (SSSR count). The summed E-state index contributed by atoms with van der Waals surface area (Å²) in [7, 11) is 0. The molecule has 1 aliphatic carbocycles. The van der Waals surface area contributed by atoms with Gasteiger partial charge < -0.3 is 10.6 Å². The second-order valence-corrected chi connectivity index (χ2v) is 5.07. The van der Waals surface area contributed by atoms with Crippen LogP contribution < -0.4 is 5.73 Å². The fourth-order valence-corrected chi connectivity index (χ4v) is 3.16. The maximum Gasteiger partial charge on any atom is 0.239 e. The molecule has 0 aromatic carbocycles. The smallest absolute Gasteiger partial charge is 0.239 e. The Morgan fingerprint density at radius 3 is 2.44 bits per heavy atom. The molecule has 0 aromatic heterocycles. The zero-order chi connectivity index (χ0) is 10.8. The van der Waals surface area contributed by atoms with Crippen LogP contribution in [0.3, 0.4) is 0 Å². The molecule has 1 saturated heterocycles. The lowest BCUT2D eigenvalue weighted by Gasteiger charge is -2.30. The third-order valence-electron chi connectivity index (χ3n) is 3.92. The van der Waals surface area contributed by atoms with Crippen molar-refractivity contribution in [3.8, 4) is 0 Å². The first-order valence-corrected chi connectivity index (χ1v) is 6.26. The molecule has 16 heavy (non-hydrogen) atoms. The minimum absolute atomic E-state index is 0. The number of rotatable bonds is 2. The summed E-state index contributed by atoms with van der Waals surface area (Å²) in [5, 5.41) is 0. The number of nitrogens with two attached hydrogens (primary N) is 1. The summed E-state index contributed by atoms with van der Waals surface area (Å²) in [6.07, 6.45) is 7.69. The van der Waals surface area contributed by atoms with Crippen molar-refractivity contribution in [3.63, 3.8) is 0 Å². The van der Waals surface area contributed by atoms with Gasteiger partial charge in [-0.1, -0.05) is 12.8 Å². The highest BCUT2D eigenvalue weighted by atomic mass is 35.5. The van der Waals surface area contributed by atoms with Crippen molar-refractivity contribution in [3.05, 3.63) is 0 Å². The fourth-order valence-electron chi connectivity index (χ4n) is 3.16. The lowest BCUT2D eigenvalue weighted by Crippen LogP contribution is -2.46. The van der Waals surface area contributed by atoms with Crippen LogP contribution in [0.5, 0.6) is 0 Å². The molecule has 94 valence electrons. The van der Waals surface area contributed by atoms with Gasteiger partial charge in [0.25, 0.3) is 0 Å². The lowest BCUT2D eigenvalue weighted by atomic mass is 9.96. The van der Waals surface area contributed by atoms with Crippen molar-refractivity contribution in [2.45, 2.75) is 57.5 Å². The number of hydrogen-bond donors (Lipinski definition) is 1. The average molecular weight is 247 g/mol. The molecule has 2 atom stereocenters. The molecular weight excluding hydrogens is 224 g/mol. The van der Waals surface area contributed by atoms with Gasteiger partial charge in [0, 0.05) is 12.6 Å². The van der Waals surface area contributed by atoms with E-state index >= 15 is 0 Å². The van der Waals surface area contributed by atoms with E-state index in [1.165, 1.54) is 38.5 Å². The SMILES string of the molecule is C[C@H](N)C(=O)N1CCCC1C1CCCC1.Cl. The number of hydrogen-bond acceptors (Lipinski definition) is 2. The van der Waals surface area contributed by atoms with Crippen LogP contribution in [0.4, 0.5) is 0 Å². The molecule has 4 heteroatoms. The van der Waals surface area contributed by atoms with Crippen molar-refractivity contribution >= 4 is 18.3 Å². The highest BCUT2D eigenvalue weighted by Gasteiger charge is 2.36. The number of carbonyl (C=O) groups excluding carboxylic acids is 1. The minimum atomic E-state index is -0.327. The molecule has 0 radical (unpaired) electrons. The Bertz CT molecular complexity index is 239. The van der Waals surface area contributed by atoms with Crippen LogP contribution in [-0.2, 0) is 4.79 Å². The summed E-state index contributed by atoms with van der Waals surface area (Å²) >= 11 is 0. The first-order chi connectivity index (χ1) is 7.20. The van der Waals surface area contributed by atoms with Gasteiger partial charge in [-0.3, -0.25) is 4.79 Å². The molecular formula is C12H23ClN2O. The van der Waals surface area contributed by atoms with Gasteiger partial charge in [-0.2, -0.15) is 0 Å². The lowest BCUT2D eigenvalue weighted by molar-refractivity contribution is -0.133. The Balaban J connectivity index is 0.00000128. The van der Waals surface area contributed by atoms with E-state index in [-0.39, 0.29) is 24.4 Å². The summed E-state index contributed by atoms with van der Waals surface area (Å²) in [5.41, 5.74) is 5.69. The van der Waals surface area contributed by atoms with Crippen LogP contribution in [-0.4, -0.2) is 29.4 Å².